The second-order valence-corrected chi connectivity index (χ2v) is 9.75. The van der Waals surface area contributed by atoms with Gasteiger partial charge in [0.2, 0.25) is 21.7 Å². The van der Waals surface area contributed by atoms with Crippen LogP contribution in [0.2, 0.25) is 0 Å². The Labute approximate surface area is 190 Å². The van der Waals surface area contributed by atoms with E-state index in [1.807, 2.05) is 19.1 Å². The lowest BCUT2D eigenvalue weighted by Crippen LogP contribution is -2.39. The summed E-state index contributed by atoms with van der Waals surface area (Å²) in [5.41, 5.74) is 3.06. The molecule has 0 saturated carbocycles. The number of rotatable bonds is 9. The summed E-state index contributed by atoms with van der Waals surface area (Å²) in [5.74, 6) is 1.08. The molecule has 0 bridgehead atoms. The molecule has 1 amide bonds. The zero-order chi connectivity index (χ0) is 24.2. The molecule has 0 atom stereocenters. The number of hydrogen-bond donors (Lipinski definition) is 0. The Bertz CT molecular complexity index is 1050. The zero-order valence-corrected chi connectivity index (χ0v) is 20.8. The van der Waals surface area contributed by atoms with Crippen molar-refractivity contribution in [3.05, 3.63) is 46.5 Å². The third kappa shape index (κ3) is 5.34. The lowest BCUT2D eigenvalue weighted by molar-refractivity contribution is -0.130. The van der Waals surface area contributed by atoms with Crippen LogP contribution in [0.25, 0.3) is 0 Å². The van der Waals surface area contributed by atoms with Crippen LogP contribution < -0.4 is 14.2 Å². The molecule has 0 saturated heterocycles. The fourth-order valence-electron chi connectivity index (χ4n) is 3.71. The Morgan fingerprint density at radius 3 is 1.81 bits per heavy atom. The average molecular weight is 465 g/mol. The standard InChI is InChI=1S/C23H32N2O6S/c1-15-9-16(2)23(17(3)10-15)32(27,28)25(5)14-21(26)24(4)13-18-11-19(29-6)22(31-8)20(12-18)30-7/h9-12H,13-14H2,1-8H3. The summed E-state index contributed by atoms with van der Waals surface area (Å²) in [5, 5.41) is 0. The van der Waals surface area contributed by atoms with Crippen molar-refractivity contribution in [2.24, 2.45) is 0 Å². The molecule has 176 valence electrons. The summed E-state index contributed by atoms with van der Waals surface area (Å²) in [4.78, 5) is 14.5. The predicted octanol–water partition coefficient (Wildman–Crippen LogP) is 2.92. The monoisotopic (exact) mass is 464 g/mol. The fraction of sp³-hybridized carbons (Fsp3) is 0.435. The third-order valence-corrected chi connectivity index (χ3v) is 7.31. The van der Waals surface area contributed by atoms with Crippen LogP contribution in [0, 0.1) is 20.8 Å². The topological polar surface area (TPSA) is 85.4 Å². The van der Waals surface area contributed by atoms with Crippen molar-refractivity contribution in [2.75, 3.05) is 42.0 Å². The second-order valence-electron chi connectivity index (χ2n) is 7.77. The summed E-state index contributed by atoms with van der Waals surface area (Å²) in [6.45, 7) is 5.40. The SMILES string of the molecule is COc1cc(CN(C)C(=O)CN(C)S(=O)(=O)c2c(C)cc(C)cc2C)cc(OC)c1OC. The first-order valence-corrected chi connectivity index (χ1v) is 11.5. The van der Waals surface area contributed by atoms with E-state index in [0.717, 1.165) is 15.4 Å². The molecule has 0 heterocycles. The van der Waals surface area contributed by atoms with Crippen LogP contribution in [0.3, 0.4) is 0 Å². The van der Waals surface area contributed by atoms with Crippen molar-refractivity contribution in [1.29, 1.82) is 0 Å². The molecular weight excluding hydrogens is 432 g/mol. The number of likely N-dealkylation sites (N-methyl/N-ethyl adjacent to an activating group) is 2. The molecule has 0 N–H and O–H groups in total. The lowest BCUT2D eigenvalue weighted by atomic mass is 10.1. The average Bonchev–Trinajstić information content (AvgIpc) is 2.71. The first-order chi connectivity index (χ1) is 15.0. The maximum Gasteiger partial charge on any atom is 0.243 e. The molecule has 0 unspecified atom stereocenters. The van der Waals surface area contributed by atoms with Gasteiger partial charge in [-0.15, -0.1) is 0 Å². The van der Waals surface area contributed by atoms with Crippen molar-refractivity contribution in [1.82, 2.24) is 9.21 Å². The Balaban J connectivity index is 2.21. The van der Waals surface area contributed by atoms with Crippen LogP contribution in [0.4, 0.5) is 0 Å². The van der Waals surface area contributed by atoms with Gasteiger partial charge < -0.3 is 19.1 Å². The maximum atomic E-state index is 13.1. The quantitative estimate of drug-likeness (QED) is 0.567. The van der Waals surface area contributed by atoms with Crippen LogP contribution in [-0.2, 0) is 21.4 Å². The number of methoxy groups -OCH3 is 3. The van der Waals surface area contributed by atoms with Crippen LogP contribution in [-0.4, -0.2) is 65.5 Å². The summed E-state index contributed by atoms with van der Waals surface area (Å²) >= 11 is 0. The van der Waals surface area contributed by atoms with Crippen LogP contribution in [0.15, 0.2) is 29.2 Å². The minimum Gasteiger partial charge on any atom is -0.493 e. The van der Waals surface area contributed by atoms with Gasteiger partial charge in [0.25, 0.3) is 0 Å². The Morgan fingerprint density at radius 2 is 1.38 bits per heavy atom. The molecule has 2 aromatic carbocycles. The number of amides is 1. The van der Waals surface area contributed by atoms with E-state index >= 15 is 0 Å². The van der Waals surface area contributed by atoms with Crippen molar-refractivity contribution in [2.45, 2.75) is 32.2 Å². The van der Waals surface area contributed by atoms with Crippen molar-refractivity contribution < 1.29 is 27.4 Å². The van der Waals surface area contributed by atoms with Crippen molar-refractivity contribution in [3.63, 3.8) is 0 Å². The van der Waals surface area contributed by atoms with E-state index in [0.29, 0.717) is 28.4 Å². The first-order valence-electron chi connectivity index (χ1n) is 10.0. The molecule has 0 aliphatic heterocycles. The number of carbonyl (C=O) groups excluding carboxylic acids is 1. The molecule has 2 aromatic rings. The number of benzene rings is 2. The van der Waals surface area contributed by atoms with Gasteiger partial charge in [-0.1, -0.05) is 17.7 Å². The molecule has 9 heteroatoms. The number of nitrogens with zero attached hydrogens (tertiary/aromatic N) is 2. The van der Waals surface area contributed by atoms with E-state index in [1.165, 1.54) is 33.3 Å². The number of hydrogen-bond acceptors (Lipinski definition) is 6. The zero-order valence-electron chi connectivity index (χ0n) is 20.0. The van der Waals surface area contributed by atoms with Gasteiger partial charge in [0, 0.05) is 20.6 Å². The van der Waals surface area contributed by atoms with Gasteiger partial charge in [-0.2, -0.15) is 4.31 Å². The van der Waals surface area contributed by atoms with E-state index in [2.05, 4.69) is 0 Å². The van der Waals surface area contributed by atoms with E-state index in [1.54, 1.807) is 33.0 Å². The summed E-state index contributed by atoms with van der Waals surface area (Å²) in [6, 6.07) is 7.16. The van der Waals surface area contributed by atoms with Gasteiger partial charge in [-0.05, 0) is 49.6 Å². The largest absolute Gasteiger partial charge is 0.493 e. The van der Waals surface area contributed by atoms with Gasteiger partial charge in [-0.3, -0.25) is 4.79 Å². The lowest BCUT2D eigenvalue weighted by Gasteiger charge is -2.24. The van der Waals surface area contributed by atoms with Gasteiger partial charge >= 0.3 is 0 Å². The molecule has 8 nitrogen and oxygen atoms in total. The minimum atomic E-state index is -3.82. The molecule has 0 radical (unpaired) electrons. The number of carbonyl (C=O) groups is 1. The number of aryl methyl sites for hydroxylation is 3. The summed E-state index contributed by atoms with van der Waals surface area (Å²) in [6.07, 6.45) is 0. The van der Waals surface area contributed by atoms with Crippen LogP contribution in [0.1, 0.15) is 22.3 Å². The summed E-state index contributed by atoms with van der Waals surface area (Å²) in [7, 11) is 3.77. The second kappa shape index (κ2) is 10.2. The van der Waals surface area contributed by atoms with E-state index in [9.17, 15) is 13.2 Å². The predicted molar refractivity (Wildman–Crippen MR) is 123 cm³/mol. The van der Waals surface area contributed by atoms with Crippen LogP contribution in [0.5, 0.6) is 17.2 Å². The highest BCUT2D eigenvalue weighted by Crippen LogP contribution is 2.38. The minimum absolute atomic E-state index is 0.241. The molecule has 0 spiro atoms. The Kier molecular flexibility index (Phi) is 8.14. The van der Waals surface area contributed by atoms with E-state index in [-0.39, 0.29) is 23.9 Å². The first kappa shape index (κ1) is 25.5. The highest BCUT2D eigenvalue weighted by atomic mass is 32.2. The Hall–Kier alpha value is -2.78. The molecule has 0 fully saturated rings. The smallest absolute Gasteiger partial charge is 0.243 e. The van der Waals surface area contributed by atoms with Gasteiger partial charge in [0.1, 0.15) is 0 Å². The highest BCUT2D eigenvalue weighted by Gasteiger charge is 2.27. The normalized spacial score (nSPS) is 11.4. The summed E-state index contributed by atoms with van der Waals surface area (Å²) < 4.78 is 43.4. The van der Waals surface area contributed by atoms with Crippen LogP contribution >= 0.6 is 0 Å². The number of ether oxygens (including phenoxy) is 3. The van der Waals surface area contributed by atoms with Gasteiger partial charge in [0.15, 0.2) is 11.5 Å². The number of sulfonamides is 1. The molecule has 32 heavy (non-hydrogen) atoms. The fourth-order valence-corrected chi connectivity index (χ4v) is 5.24. The molecular formula is C23H32N2O6S. The highest BCUT2D eigenvalue weighted by molar-refractivity contribution is 7.89. The van der Waals surface area contributed by atoms with E-state index in [4.69, 9.17) is 14.2 Å². The van der Waals surface area contributed by atoms with Gasteiger partial charge in [-0.25, -0.2) is 8.42 Å². The van der Waals surface area contributed by atoms with Gasteiger partial charge in [0.05, 0.1) is 32.8 Å². The molecule has 0 aromatic heterocycles. The molecule has 0 aliphatic carbocycles. The van der Waals surface area contributed by atoms with E-state index < -0.39 is 10.0 Å². The van der Waals surface area contributed by atoms with Crippen molar-refractivity contribution in [3.8, 4) is 17.2 Å². The molecule has 0 aliphatic rings. The molecule has 2 rings (SSSR count). The maximum absolute atomic E-state index is 13.1. The van der Waals surface area contributed by atoms with Crippen molar-refractivity contribution >= 4 is 15.9 Å². The Morgan fingerprint density at radius 1 is 0.875 bits per heavy atom. The third-order valence-electron chi connectivity index (χ3n) is 5.20.